The molecule has 0 amide bonds. The van der Waals surface area contributed by atoms with Crippen LogP contribution in [0.2, 0.25) is 0 Å². The van der Waals surface area contributed by atoms with Crippen molar-refractivity contribution in [1.82, 2.24) is 0 Å². The SMILES string of the molecule is N/C(=N\O)c1cccc(CCC(O)CO)c1. The highest BCUT2D eigenvalue weighted by atomic mass is 16.4. The lowest BCUT2D eigenvalue weighted by Crippen LogP contribution is -2.14. The molecular formula is C11H16N2O3. The van der Waals surface area contributed by atoms with Gasteiger partial charge in [-0.2, -0.15) is 0 Å². The minimum atomic E-state index is -0.701. The Morgan fingerprint density at radius 3 is 2.81 bits per heavy atom. The summed E-state index contributed by atoms with van der Waals surface area (Å²) in [6.45, 7) is -0.236. The fourth-order valence-corrected chi connectivity index (χ4v) is 1.37. The number of amidine groups is 1. The topological polar surface area (TPSA) is 99.1 Å². The summed E-state index contributed by atoms with van der Waals surface area (Å²) in [4.78, 5) is 0. The van der Waals surface area contributed by atoms with Crippen LogP contribution in [-0.4, -0.2) is 34.0 Å². The molecule has 1 unspecified atom stereocenters. The minimum absolute atomic E-state index is 0.0598. The first-order chi connectivity index (χ1) is 7.67. The van der Waals surface area contributed by atoms with Crippen molar-refractivity contribution >= 4 is 5.84 Å². The Bertz CT molecular complexity index is 366. The Morgan fingerprint density at radius 1 is 1.44 bits per heavy atom. The van der Waals surface area contributed by atoms with E-state index < -0.39 is 6.10 Å². The van der Waals surface area contributed by atoms with Crippen LogP contribution < -0.4 is 5.73 Å². The van der Waals surface area contributed by atoms with Gasteiger partial charge in [-0.15, -0.1) is 0 Å². The Morgan fingerprint density at radius 2 is 2.19 bits per heavy atom. The quantitative estimate of drug-likeness (QED) is 0.246. The average molecular weight is 224 g/mol. The Kier molecular flexibility index (Phi) is 4.75. The number of nitrogens with zero attached hydrogens (tertiary/aromatic N) is 1. The third-order valence-electron chi connectivity index (χ3n) is 2.31. The first kappa shape index (κ1) is 12.5. The molecular weight excluding hydrogens is 208 g/mol. The molecule has 0 aromatic heterocycles. The van der Waals surface area contributed by atoms with Crippen molar-refractivity contribution in [2.45, 2.75) is 18.9 Å². The highest BCUT2D eigenvalue weighted by molar-refractivity contribution is 5.97. The molecule has 0 aliphatic heterocycles. The van der Waals surface area contributed by atoms with Crippen molar-refractivity contribution in [3.63, 3.8) is 0 Å². The summed E-state index contributed by atoms with van der Waals surface area (Å²) >= 11 is 0. The third kappa shape index (κ3) is 3.52. The van der Waals surface area contributed by atoms with Gasteiger partial charge in [-0.05, 0) is 24.5 Å². The standard InChI is InChI=1S/C11H16N2O3/c12-11(13-16)9-3-1-2-8(6-9)4-5-10(15)7-14/h1-3,6,10,14-16H,4-5,7H2,(H2,12,13). The molecule has 1 aromatic carbocycles. The number of rotatable bonds is 5. The van der Waals surface area contributed by atoms with Gasteiger partial charge in [-0.1, -0.05) is 23.4 Å². The third-order valence-corrected chi connectivity index (χ3v) is 2.31. The molecule has 88 valence electrons. The van der Waals surface area contributed by atoms with Crippen LogP contribution in [-0.2, 0) is 6.42 Å². The summed E-state index contributed by atoms with van der Waals surface area (Å²) in [5.41, 5.74) is 7.06. The van der Waals surface area contributed by atoms with E-state index in [1.165, 1.54) is 0 Å². The second-order valence-corrected chi connectivity index (χ2v) is 3.56. The normalized spacial score (nSPS) is 13.8. The predicted octanol–water partition coefficient (Wildman–Crippen LogP) is 0.0669. The van der Waals surface area contributed by atoms with E-state index in [1.54, 1.807) is 18.2 Å². The Balaban J connectivity index is 2.68. The number of hydrogen-bond acceptors (Lipinski definition) is 4. The van der Waals surface area contributed by atoms with E-state index in [2.05, 4.69) is 5.16 Å². The summed E-state index contributed by atoms with van der Waals surface area (Å²) in [7, 11) is 0. The van der Waals surface area contributed by atoms with E-state index in [-0.39, 0.29) is 12.4 Å². The number of aryl methyl sites for hydroxylation is 1. The van der Waals surface area contributed by atoms with Gasteiger partial charge >= 0.3 is 0 Å². The molecule has 16 heavy (non-hydrogen) atoms. The zero-order valence-electron chi connectivity index (χ0n) is 8.87. The van der Waals surface area contributed by atoms with Crippen molar-refractivity contribution in [2.24, 2.45) is 10.9 Å². The van der Waals surface area contributed by atoms with Gasteiger partial charge in [0.25, 0.3) is 0 Å². The number of hydrogen-bond donors (Lipinski definition) is 4. The average Bonchev–Trinajstić information content (AvgIpc) is 2.35. The molecule has 0 spiro atoms. The smallest absolute Gasteiger partial charge is 0.170 e. The van der Waals surface area contributed by atoms with E-state index >= 15 is 0 Å². The summed E-state index contributed by atoms with van der Waals surface area (Å²) in [5.74, 6) is 0.0598. The van der Waals surface area contributed by atoms with Crippen LogP contribution in [0, 0.1) is 0 Å². The number of aliphatic hydroxyl groups excluding tert-OH is 2. The van der Waals surface area contributed by atoms with Gasteiger partial charge in [0, 0.05) is 5.56 Å². The lowest BCUT2D eigenvalue weighted by molar-refractivity contribution is 0.0886. The fraction of sp³-hybridized carbons (Fsp3) is 0.364. The van der Waals surface area contributed by atoms with Crippen molar-refractivity contribution in [3.05, 3.63) is 35.4 Å². The van der Waals surface area contributed by atoms with Crippen molar-refractivity contribution < 1.29 is 15.4 Å². The van der Waals surface area contributed by atoms with Gasteiger partial charge in [0.2, 0.25) is 0 Å². The van der Waals surface area contributed by atoms with E-state index in [1.807, 2.05) is 6.07 Å². The summed E-state index contributed by atoms with van der Waals surface area (Å²) in [6, 6.07) is 7.21. The van der Waals surface area contributed by atoms with Gasteiger partial charge in [-0.25, -0.2) is 0 Å². The predicted molar refractivity (Wildman–Crippen MR) is 60.4 cm³/mol. The molecule has 1 atom stereocenters. The van der Waals surface area contributed by atoms with Crippen LogP contribution in [0.1, 0.15) is 17.5 Å². The maximum Gasteiger partial charge on any atom is 0.170 e. The van der Waals surface area contributed by atoms with Gasteiger partial charge in [0.15, 0.2) is 5.84 Å². The molecule has 5 N–H and O–H groups in total. The van der Waals surface area contributed by atoms with Gasteiger partial charge in [0.1, 0.15) is 0 Å². The van der Waals surface area contributed by atoms with E-state index in [4.69, 9.17) is 16.0 Å². The number of benzene rings is 1. The summed E-state index contributed by atoms with van der Waals surface area (Å²) in [6.07, 6.45) is 0.414. The molecule has 0 aliphatic rings. The molecule has 0 radical (unpaired) electrons. The summed E-state index contributed by atoms with van der Waals surface area (Å²) in [5, 5.41) is 29.3. The zero-order chi connectivity index (χ0) is 12.0. The molecule has 0 saturated carbocycles. The Labute approximate surface area is 93.8 Å². The zero-order valence-corrected chi connectivity index (χ0v) is 8.87. The van der Waals surface area contributed by atoms with E-state index in [9.17, 15) is 5.11 Å². The molecule has 0 bridgehead atoms. The number of aliphatic hydroxyl groups is 2. The van der Waals surface area contributed by atoms with Crippen molar-refractivity contribution in [2.75, 3.05) is 6.61 Å². The number of oxime groups is 1. The van der Waals surface area contributed by atoms with E-state index in [0.717, 1.165) is 5.56 Å². The van der Waals surface area contributed by atoms with Crippen LogP contribution in [0.3, 0.4) is 0 Å². The number of nitrogens with two attached hydrogens (primary N) is 1. The van der Waals surface area contributed by atoms with Gasteiger partial charge in [-0.3, -0.25) is 0 Å². The molecule has 1 aromatic rings. The van der Waals surface area contributed by atoms with Crippen molar-refractivity contribution in [1.29, 1.82) is 0 Å². The van der Waals surface area contributed by atoms with Crippen LogP contribution in [0.4, 0.5) is 0 Å². The largest absolute Gasteiger partial charge is 0.409 e. The maximum atomic E-state index is 9.21. The van der Waals surface area contributed by atoms with Crippen molar-refractivity contribution in [3.8, 4) is 0 Å². The Hall–Kier alpha value is -1.59. The van der Waals surface area contributed by atoms with Crippen LogP contribution in [0.15, 0.2) is 29.4 Å². The van der Waals surface area contributed by atoms with Gasteiger partial charge in [0.05, 0.1) is 12.7 Å². The lowest BCUT2D eigenvalue weighted by atomic mass is 10.0. The summed E-state index contributed by atoms with van der Waals surface area (Å²) < 4.78 is 0. The lowest BCUT2D eigenvalue weighted by Gasteiger charge is -2.07. The van der Waals surface area contributed by atoms with E-state index in [0.29, 0.717) is 18.4 Å². The highest BCUT2D eigenvalue weighted by Gasteiger charge is 2.04. The fourth-order valence-electron chi connectivity index (χ4n) is 1.37. The molecule has 1 rings (SSSR count). The molecule has 0 saturated heterocycles. The second-order valence-electron chi connectivity index (χ2n) is 3.56. The minimum Gasteiger partial charge on any atom is -0.409 e. The van der Waals surface area contributed by atoms with Crippen LogP contribution in [0.25, 0.3) is 0 Å². The van der Waals surface area contributed by atoms with Gasteiger partial charge < -0.3 is 21.2 Å². The molecule has 0 heterocycles. The second kappa shape index (κ2) is 6.09. The molecule has 5 heteroatoms. The first-order valence-corrected chi connectivity index (χ1v) is 5.03. The molecule has 0 fully saturated rings. The van der Waals surface area contributed by atoms with Crippen LogP contribution >= 0.6 is 0 Å². The molecule has 0 aliphatic carbocycles. The maximum absolute atomic E-state index is 9.21. The van der Waals surface area contributed by atoms with Crippen LogP contribution in [0.5, 0.6) is 0 Å². The monoisotopic (exact) mass is 224 g/mol. The molecule has 5 nitrogen and oxygen atoms in total. The first-order valence-electron chi connectivity index (χ1n) is 5.03. The highest BCUT2D eigenvalue weighted by Crippen LogP contribution is 2.08.